The van der Waals surface area contributed by atoms with Crippen molar-refractivity contribution in [1.82, 2.24) is 10.6 Å². The van der Waals surface area contributed by atoms with Crippen LogP contribution in [0, 0.1) is 5.92 Å². The number of carbonyl (C=O) groups excluding carboxylic acids is 3. The van der Waals surface area contributed by atoms with E-state index in [1.807, 2.05) is 0 Å². The molecule has 2 amide bonds. The first-order valence-corrected chi connectivity index (χ1v) is 6.54. The van der Waals surface area contributed by atoms with E-state index in [1.54, 1.807) is 20.8 Å². The molecule has 19 heavy (non-hydrogen) atoms. The van der Waals surface area contributed by atoms with Crippen molar-refractivity contribution in [1.29, 1.82) is 0 Å². The van der Waals surface area contributed by atoms with Crippen molar-refractivity contribution >= 4 is 18.3 Å². The zero-order valence-electron chi connectivity index (χ0n) is 11.7. The van der Waals surface area contributed by atoms with E-state index in [2.05, 4.69) is 10.6 Å². The van der Waals surface area contributed by atoms with Gasteiger partial charge in [0.05, 0.1) is 6.04 Å². The van der Waals surface area contributed by atoms with Crippen LogP contribution < -0.4 is 10.6 Å². The third-order valence-corrected chi connectivity index (χ3v) is 2.86. The van der Waals surface area contributed by atoms with E-state index < -0.39 is 17.7 Å². The molecule has 108 valence electrons. The minimum absolute atomic E-state index is 0.0296. The highest BCUT2D eigenvalue weighted by Gasteiger charge is 2.25. The molecule has 0 aromatic rings. The smallest absolute Gasteiger partial charge is 0.408 e. The van der Waals surface area contributed by atoms with Crippen LogP contribution in [0.15, 0.2) is 0 Å². The summed E-state index contributed by atoms with van der Waals surface area (Å²) in [6.07, 6.45) is 1.89. The van der Waals surface area contributed by atoms with Gasteiger partial charge in [-0.1, -0.05) is 0 Å². The monoisotopic (exact) mass is 270 g/mol. The second-order valence-corrected chi connectivity index (χ2v) is 5.74. The Morgan fingerprint density at radius 3 is 2.74 bits per heavy atom. The predicted molar refractivity (Wildman–Crippen MR) is 69.6 cm³/mol. The first-order valence-electron chi connectivity index (χ1n) is 6.54. The molecular weight excluding hydrogens is 248 g/mol. The molecule has 0 radical (unpaired) electrons. The summed E-state index contributed by atoms with van der Waals surface area (Å²) >= 11 is 0. The zero-order valence-corrected chi connectivity index (χ0v) is 11.7. The van der Waals surface area contributed by atoms with Crippen molar-refractivity contribution in [3.05, 3.63) is 0 Å². The van der Waals surface area contributed by atoms with Crippen LogP contribution >= 0.6 is 0 Å². The van der Waals surface area contributed by atoms with Crippen LogP contribution in [0.25, 0.3) is 0 Å². The van der Waals surface area contributed by atoms with Gasteiger partial charge in [0.1, 0.15) is 11.9 Å². The van der Waals surface area contributed by atoms with Crippen LogP contribution in [-0.4, -0.2) is 36.5 Å². The molecule has 6 nitrogen and oxygen atoms in total. The largest absolute Gasteiger partial charge is 0.444 e. The van der Waals surface area contributed by atoms with Gasteiger partial charge < -0.3 is 20.2 Å². The SMILES string of the molecule is CC(C)(C)OC(=O)N[C@H](C=O)CC[C@@H]1CCNC1=O. The number of ether oxygens (including phenoxy) is 1. The lowest BCUT2D eigenvalue weighted by atomic mass is 9.99. The van der Waals surface area contributed by atoms with Gasteiger partial charge in [0.2, 0.25) is 5.91 Å². The van der Waals surface area contributed by atoms with E-state index in [9.17, 15) is 14.4 Å². The summed E-state index contributed by atoms with van der Waals surface area (Å²) in [4.78, 5) is 33.8. The number of amides is 2. The van der Waals surface area contributed by atoms with Crippen LogP contribution in [0.3, 0.4) is 0 Å². The van der Waals surface area contributed by atoms with E-state index in [0.717, 1.165) is 6.42 Å². The number of aldehydes is 1. The molecule has 1 rings (SSSR count). The van der Waals surface area contributed by atoms with Crippen molar-refractivity contribution < 1.29 is 19.1 Å². The van der Waals surface area contributed by atoms with Gasteiger partial charge in [0.25, 0.3) is 0 Å². The number of carbonyl (C=O) groups is 3. The van der Waals surface area contributed by atoms with Crippen molar-refractivity contribution in [3.8, 4) is 0 Å². The topological polar surface area (TPSA) is 84.5 Å². The van der Waals surface area contributed by atoms with Crippen LogP contribution in [0.4, 0.5) is 4.79 Å². The van der Waals surface area contributed by atoms with Gasteiger partial charge in [-0.3, -0.25) is 4.79 Å². The van der Waals surface area contributed by atoms with E-state index in [4.69, 9.17) is 4.74 Å². The fourth-order valence-electron chi connectivity index (χ4n) is 1.93. The summed E-state index contributed by atoms with van der Waals surface area (Å²) in [6, 6.07) is -0.608. The quantitative estimate of drug-likeness (QED) is 0.730. The number of alkyl carbamates (subject to hydrolysis) is 1. The third kappa shape index (κ3) is 5.72. The van der Waals surface area contributed by atoms with E-state index in [0.29, 0.717) is 25.7 Å². The Bertz CT molecular complexity index is 349. The molecule has 1 aliphatic heterocycles. The van der Waals surface area contributed by atoms with Crippen LogP contribution in [0.5, 0.6) is 0 Å². The van der Waals surface area contributed by atoms with Gasteiger partial charge >= 0.3 is 6.09 Å². The van der Waals surface area contributed by atoms with E-state index in [1.165, 1.54) is 0 Å². The molecule has 2 atom stereocenters. The van der Waals surface area contributed by atoms with Crippen molar-refractivity contribution in [2.75, 3.05) is 6.54 Å². The summed E-state index contributed by atoms with van der Waals surface area (Å²) in [6.45, 7) is 5.96. The molecule has 1 saturated heterocycles. The lowest BCUT2D eigenvalue weighted by Crippen LogP contribution is -2.40. The van der Waals surface area contributed by atoms with Crippen molar-refractivity contribution in [3.63, 3.8) is 0 Å². The molecule has 0 spiro atoms. The van der Waals surface area contributed by atoms with E-state index >= 15 is 0 Å². The standard InChI is InChI=1S/C13H22N2O4/c1-13(2,3)19-12(18)15-10(8-16)5-4-9-6-7-14-11(9)17/h8-10H,4-7H2,1-3H3,(H,14,17)(H,15,18)/t9-,10+/m1/s1. The average molecular weight is 270 g/mol. The molecule has 0 aromatic carbocycles. The number of hydrogen-bond donors (Lipinski definition) is 2. The third-order valence-electron chi connectivity index (χ3n) is 2.86. The lowest BCUT2D eigenvalue weighted by molar-refractivity contribution is -0.122. The van der Waals surface area contributed by atoms with Crippen LogP contribution in [-0.2, 0) is 14.3 Å². The minimum Gasteiger partial charge on any atom is -0.444 e. The van der Waals surface area contributed by atoms with Gasteiger partial charge in [0.15, 0.2) is 0 Å². The Morgan fingerprint density at radius 1 is 1.58 bits per heavy atom. The molecule has 1 heterocycles. The summed E-state index contributed by atoms with van der Waals surface area (Å²) in [7, 11) is 0. The van der Waals surface area contributed by atoms with Crippen molar-refractivity contribution in [2.24, 2.45) is 5.92 Å². The maximum absolute atomic E-state index is 11.5. The second kappa shape index (κ2) is 6.54. The van der Waals surface area contributed by atoms with Crippen molar-refractivity contribution in [2.45, 2.75) is 51.7 Å². The molecule has 2 N–H and O–H groups in total. The first-order chi connectivity index (χ1) is 8.81. The molecule has 0 aliphatic carbocycles. The average Bonchev–Trinajstić information content (AvgIpc) is 2.67. The Balaban J connectivity index is 2.35. The molecular formula is C13H22N2O4. The summed E-state index contributed by atoms with van der Waals surface area (Å²) in [5, 5.41) is 5.24. The Kier molecular flexibility index (Phi) is 5.32. The summed E-state index contributed by atoms with van der Waals surface area (Å²) in [5.41, 5.74) is -0.594. The number of hydrogen-bond acceptors (Lipinski definition) is 4. The van der Waals surface area contributed by atoms with E-state index in [-0.39, 0.29) is 11.8 Å². The van der Waals surface area contributed by atoms with Gasteiger partial charge in [-0.15, -0.1) is 0 Å². The minimum atomic E-state index is -0.611. The van der Waals surface area contributed by atoms with Gasteiger partial charge in [-0.05, 0) is 40.0 Å². The fraction of sp³-hybridized carbons (Fsp3) is 0.769. The molecule has 1 aliphatic rings. The molecule has 0 aromatic heterocycles. The van der Waals surface area contributed by atoms with Gasteiger partial charge in [-0.25, -0.2) is 4.79 Å². The highest BCUT2D eigenvalue weighted by molar-refractivity contribution is 5.80. The van der Waals surface area contributed by atoms with Gasteiger partial charge in [0, 0.05) is 12.5 Å². The summed E-state index contributed by atoms with van der Waals surface area (Å²) in [5.74, 6) is -0.0233. The molecule has 0 saturated carbocycles. The highest BCUT2D eigenvalue weighted by Crippen LogP contribution is 2.17. The maximum Gasteiger partial charge on any atom is 0.408 e. The first kappa shape index (κ1) is 15.5. The second-order valence-electron chi connectivity index (χ2n) is 5.74. The Morgan fingerprint density at radius 2 is 2.26 bits per heavy atom. The molecule has 6 heteroatoms. The highest BCUT2D eigenvalue weighted by atomic mass is 16.6. The molecule has 0 bridgehead atoms. The lowest BCUT2D eigenvalue weighted by Gasteiger charge is -2.21. The van der Waals surface area contributed by atoms with Crippen LogP contribution in [0.2, 0.25) is 0 Å². The number of rotatable bonds is 5. The Labute approximate surface area is 113 Å². The fourth-order valence-corrected chi connectivity index (χ4v) is 1.93. The predicted octanol–water partition coefficient (Wildman–Crippen LogP) is 0.995. The Hall–Kier alpha value is -1.59. The maximum atomic E-state index is 11.5. The molecule has 0 unspecified atom stereocenters. The normalized spacial score (nSPS) is 20.6. The van der Waals surface area contributed by atoms with Gasteiger partial charge in [-0.2, -0.15) is 0 Å². The number of nitrogens with one attached hydrogen (secondary N) is 2. The summed E-state index contributed by atoms with van der Waals surface area (Å²) < 4.78 is 5.07. The zero-order chi connectivity index (χ0) is 14.5. The van der Waals surface area contributed by atoms with Crippen LogP contribution in [0.1, 0.15) is 40.0 Å². The molecule has 1 fully saturated rings.